The average molecular weight is 271 g/mol. The Labute approximate surface area is 110 Å². The summed E-state index contributed by atoms with van der Waals surface area (Å²) in [5.41, 5.74) is -0.449. The molecule has 1 aliphatic heterocycles. The minimum Gasteiger partial charge on any atom is -0.373 e. The SMILES string of the molecule is COC(C)(C)c1cc(N2C(=O)N(C)CC2O)ns1. The van der Waals surface area contributed by atoms with Gasteiger partial charge in [0.25, 0.3) is 0 Å². The van der Waals surface area contributed by atoms with Gasteiger partial charge in [0, 0.05) is 14.2 Å². The molecule has 6 nitrogen and oxygen atoms in total. The molecule has 2 rings (SSSR count). The van der Waals surface area contributed by atoms with Crippen molar-refractivity contribution in [1.82, 2.24) is 9.27 Å². The van der Waals surface area contributed by atoms with Gasteiger partial charge < -0.3 is 14.7 Å². The number of nitrogens with zero attached hydrogens (tertiary/aromatic N) is 3. The van der Waals surface area contributed by atoms with Gasteiger partial charge in [-0.15, -0.1) is 0 Å². The number of carbonyl (C=O) groups is 1. The number of aliphatic hydroxyl groups excluding tert-OH is 1. The van der Waals surface area contributed by atoms with Crippen molar-refractivity contribution in [3.05, 3.63) is 10.9 Å². The quantitative estimate of drug-likeness (QED) is 0.897. The van der Waals surface area contributed by atoms with Crippen molar-refractivity contribution in [2.24, 2.45) is 0 Å². The second kappa shape index (κ2) is 4.49. The van der Waals surface area contributed by atoms with Crippen molar-refractivity contribution in [3.8, 4) is 0 Å². The van der Waals surface area contributed by atoms with Crippen molar-refractivity contribution < 1.29 is 14.6 Å². The smallest absolute Gasteiger partial charge is 0.327 e. The zero-order chi connectivity index (χ0) is 13.5. The van der Waals surface area contributed by atoms with Crippen LogP contribution in [-0.2, 0) is 10.3 Å². The molecule has 1 saturated heterocycles. The highest BCUT2D eigenvalue weighted by Gasteiger charge is 2.37. The highest BCUT2D eigenvalue weighted by molar-refractivity contribution is 7.06. The number of aliphatic hydroxyl groups is 1. The molecule has 2 heterocycles. The van der Waals surface area contributed by atoms with Crippen LogP contribution in [0.2, 0.25) is 0 Å². The van der Waals surface area contributed by atoms with Crippen LogP contribution in [0.1, 0.15) is 18.7 Å². The number of amides is 2. The minimum atomic E-state index is -0.844. The Morgan fingerprint density at radius 3 is 2.78 bits per heavy atom. The molecule has 100 valence electrons. The number of hydrogen-bond donors (Lipinski definition) is 1. The van der Waals surface area contributed by atoms with Gasteiger partial charge in [-0.25, -0.2) is 9.69 Å². The van der Waals surface area contributed by atoms with Crippen molar-refractivity contribution in [3.63, 3.8) is 0 Å². The fourth-order valence-electron chi connectivity index (χ4n) is 1.73. The Kier molecular flexibility index (Phi) is 3.31. The van der Waals surface area contributed by atoms with Crippen LogP contribution in [0.5, 0.6) is 0 Å². The van der Waals surface area contributed by atoms with E-state index in [2.05, 4.69) is 4.37 Å². The van der Waals surface area contributed by atoms with E-state index in [1.165, 1.54) is 21.3 Å². The Balaban J connectivity index is 2.28. The molecule has 1 aromatic heterocycles. The van der Waals surface area contributed by atoms with Crippen LogP contribution >= 0.6 is 11.5 Å². The molecule has 1 aliphatic rings. The summed E-state index contributed by atoms with van der Waals surface area (Å²) in [6.45, 7) is 4.15. The van der Waals surface area contributed by atoms with Gasteiger partial charge in [0.1, 0.15) is 0 Å². The molecule has 0 saturated carbocycles. The highest BCUT2D eigenvalue weighted by Crippen LogP contribution is 2.32. The number of aromatic nitrogens is 1. The maximum absolute atomic E-state index is 11.9. The summed E-state index contributed by atoms with van der Waals surface area (Å²) in [6.07, 6.45) is -0.844. The molecule has 2 amide bonds. The first-order valence-electron chi connectivity index (χ1n) is 5.61. The van der Waals surface area contributed by atoms with Gasteiger partial charge >= 0.3 is 6.03 Å². The number of hydrogen-bond acceptors (Lipinski definition) is 5. The average Bonchev–Trinajstić information content (AvgIpc) is 2.86. The zero-order valence-electron chi connectivity index (χ0n) is 10.9. The molecule has 18 heavy (non-hydrogen) atoms. The number of carbonyl (C=O) groups excluding carboxylic acids is 1. The molecule has 0 spiro atoms. The molecule has 0 radical (unpaired) electrons. The van der Waals surface area contributed by atoms with Crippen LogP contribution in [0.3, 0.4) is 0 Å². The first-order valence-corrected chi connectivity index (χ1v) is 6.39. The number of β-amino-alcohol motifs (C(OH)–C–C–N with tert-alkyl or cyclic N) is 1. The summed E-state index contributed by atoms with van der Waals surface area (Å²) in [7, 11) is 3.28. The normalized spacial score (nSPS) is 20.9. The van der Waals surface area contributed by atoms with E-state index in [1.807, 2.05) is 13.8 Å². The van der Waals surface area contributed by atoms with Crippen LogP contribution in [-0.4, -0.2) is 47.3 Å². The Morgan fingerprint density at radius 2 is 2.28 bits per heavy atom. The van der Waals surface area contributed by atoms with Gasteiger partial charge in [-0.05, 0) is 31.4 Å². The van der Waals surface area contributed by atoms with E-state index < -0.39 is 11.8 Å². The summed E-state index contributed by atoms with van der Waals surface area (Å²) in [5.74, 6) is 0.474. The van der Waals surface area contributed by atoms with E-state index in [-0.39, 0.29) is 6.03 Å². The largest absolute Gasteiger partial charge is 0.373 e. The van der Waals surface area contributed by atoms with Gasteiger partial charge in [-0.2, -0.15) is 4.37 Å². The van der Waals surface area contributed by atoms with Gasteiger partial charge in [0.2, 0.25) is 0 Å². The lowest BCUT2D eigenvalue weighted by atomic mass is 10.1. The summed E-state index contributed by atoms with van der Waals surface area (Å²) < 4.78 is 9.60. The fourth-order valence-corrected chi connectivity index (χ4v) is 2.52. The Morgan fingerprint density at radius 1 is 1.61 bits per heavy atom. The highest BCUT2D eigenvalue weighted by atomic mass is 32.1. The van der Waals surface area contributed by atoms with E-state index in [0.29, 0.717) is 12.4 Å². The third-order valence-corrected chi connectivity index (χ3v) is 4.20. The van der Waals surface area contributed by atoms with E-state index in [4.69, 9.17) is 4.74 Å². The molecular weight excluding hydrogens is 254 g/mol. The zero-order valence-corrected chi connectivity index (χ0v) is 11.7. The standard InChI is InChI=1S/C11H17N3O3S/c1-11(2,17-4)7-5-8(12-18-7)14-9(15)6-13(3)10(14)16/h5,9,15H,6H2,1-4H3. The first kappa shape index (κ1) is 13.3. The molecule has 1 atom stereocenters. The third-order valence-electron chi connectivity index (χ3n) is 3.12. The van der Waals surface area contributed by atoms with Crippen LogP contribution < -0.4 is 4.90 Å². The Hall–Kier alpha value is -1.18. The van der Waals surface area contributed by atoms with E-state index in [0.717, 1.165) is 4.88 Å². The predicted molar refractivity (Wildman–Crippen MR) is 68.7 cm³/mol. The van der Waals surface area contributed by atoms with Crippen LogP contribution in [0.15, 0.2) is 6.07 Å². The van der Waals surface area contributed by atoms with E-state index >= 15 is 0 Å². The van der Waals surface area contributed by atoms with Crippen LogP contribution in [0, 0.1) is 0 Å². The molecule has 1 unspecified atom stereocenters. The minimum absolute atomic E-state index is 0.241. The van der Waals surface area contributed by atoms with Crippen molar-refractivity contribution in [2.45, 2.75) is 25.7 Å². The molecule has 1 fully saturated rings. The molecule has 1 aromatic rings. The maximum Gasteiger partial charge on any atom is 0.327 e. The number of anilines is 1. The molecule has 0 aromatic carbocycles. The van der Waals surface area contributed by atoms with Gasteiger partial charge in [-0.3, -0.25) is 0 Å². The fraction of sp³-hybridized carbons (Fsp3) is 0.636. The summed E-state index contributed by atoms with van der Waals surface area (Å²) in [6, 6.07) is 1.55. The summed E-state index contributed by atoms with van der Waals surface area (Å²) in [5, 5.41) is 9.85. The number of likely N-dealkylation sites (N-methyl/N-ethyl adjacent to an activating group) is 1. The monoisotopic (exact) mass is 271 g/mol. The lowest BCUT2D eigenvalue weighted by Crippen LogP contribution is -2.34. The third kappa shape index (κ3) is 2.09. The summed E-state index contributed by atoms with van der Waals surface area (Å²) in [4.78, 5) is 15.5. The first-order chi connectivity index (χ1) is 8.36. The number of rotatable bonds is 3. The van der Waals surface area contributed by atoms with E-state index in [1.54, 1.807) is 20.2 Å². The molecule has 0 bridgehead atoms. The van der Waals surface area contributed by atoms with E-state index in [9.17, 15) is 9.90 Å². The van der Waals surface area contributed by atoms with Crippen molar-refractivity contribution >= 4 is 23.4 Å². The van der Waals surface area contributed by atoms with Crippen molar-refractivity contribution in [1.29, 1.82) is 0 Å². The molecule has 1 N–H and O–H groups in total. The predicted octanol–water partition coefficient (Wildman–Crippen LogP) is 1.21. The maximum atomic E-state index is 11.9. The molecule has 7 heteroatoms. The van der Waals surface area contributed by atoms with Crippen LogP contribution in [0.25, 0.3) is 0 Å². The Bertz CT molecular complexity index is 460. The summed E-state index contributed by atoms with van der Waals surface area (Å²) >= 11 is 1.27. The second-order valence-corrected chi connectivity index (χ2v) is 5.58. The lowest BCUT2D eigenvalue weighted by molar-refractivity contribution is 0.0224. The molecular formula is C11H17N3O3S. The number of ether oxygens (including phenoxy) is 1. The van der Waals surface area contributed by atoms with Gasteiger partial charge in [0.05, 0.1) is 17.0 Å². The lowest BCUT2D eigenvalue weighted by Gasteiger charge is -2.20. The van der Waals surface area contributed by atoms with Crippen LogP contribution in [0.4, 0.5) is 10.6 Å². The molecule has 0 aliphatic carbocycles. The topological polar surface area (TPSA) is 65.9 Å². The van der Waals surface area contributed by atoms with Crippen molar-refractivity contribution in [2.75, 3.05) is 25.6 Å². The second-order valence-electron chi connectivity index (χ2n) is 4.78. The number of urea groups is 1. The van der Waals surface area contributed by atoms with Gasteiger partial charge in [-0.1, -0.05) is 0 Å². The number of methoxy groups -OCH3 is 1. The van der Waals surface area contributed by atoms with Gasteiger partial charge in [0.15, 0.2) is 12.0 Å².